The van der Waals surface area contributed by atoms with Crippen molar-refractivity contribution in [1.82, 2.24) is 0 Å². The highest BCUT2D eigenvalue weighted by atomic mass is 19.4. The maximum Gasteiger partial charge on any atom is 0.573 e. The monoisotopic (exact) mass is 280 g/mol. The molecule has 0 aliphatic carbocycles. The predicted molar refractivity (Wildman–Crippen MR) is 58.0 cm³/mol. The van der Waals surface area contributed by atoms with E-state index in [9.17, 15) is 22.4 Å². The van der Waals surface area contributed by atoms with Crippen molar-refractivity contribution in [3.63, 3.8) is 0 Å². The molecule has 0 aromatic heterocycles. The van der Waals surface area contributed by atoms with Crippen LogP contribution < -0.4 is 4.74 Å². The Morgan fingerprint density at radius 1 is 1.32 bits per heavy atom. The third kappa shape index (κ3) is 5.58. The van der Waals surface area contributed by atoms with E-state index in [2.05, 4.69) is 9.47 Å². The summed E-state index contributed by atoms with van der Waals surface area (Å²) in [4.78, 5) is 11.1. The zero-order valence-corrected chi connectivity index (χ0v) is 10.1. The molecule has 0 atom stereocenters. The van der Waals surface area contributed by atoms with Gasteiger partial charge in [-0.1, -0.05) is 6.07 Å². The second kappa shape index (κ2) is 6.40. The Hall–Kier alpha value is -1.79. The molecule has 0 spiro atoms. The van der Waals surface area contributed by atoms with E-state index >= 15 is 0 Å². The molecule has 7 heteroatoms. The molecule has 1 aromatic rings. The molecule has 0 aliphatic heterocycles. The van der Waals surface area contributed by atoms with Gasteiger partial charge in [-0.05, 0) is 31.0 Å². The first-order chi connectivity index (χ1) is 8.81. The lowest BCUT2D eigenvalue weighted by molar-refractivity contribution is -0.275. The van der Waals surface area contributed by atoms with Crippen LogP contribution in [-0.2, 0) is 16.0 Å². The van der Waals surface area contributed by atoms with E-state index in [0.29, 0.717) is 5.56 Å². The van der Waals surface area contributed by atoms with Crippen LogP contribution >= 0.6 is 0 Å². The average molecular weight is 280 g/mol. The van der Waals surface area contributed by atoms with Crippen LogP contribution in [-0.4, -0.2) is 18.9 Å². The fourth-order valence-corrected chi connectivity index (χ4v) is 1.39. The maximum absolute atomic E-state index is 13.1. The minimum atomic E-state index is -4.96. The van der Waals surface area contributed by atoms with Gasteiger partial charge >= 0.3 is 12.3 Å². The molecule has 1 rings (SSSR count). The molecule has 0 aliphatic rings. The minimum absolute atomic E-state index is 0.00489. The van der Waals surface area contributed by atoms with E-state index in [1.54, 1.807) is 6.92 Å². The molecule has 19 heavy (non-hydrogen) atoms. The van der Waals surface area contributed by atoms with E-state index in [0.717, 1.165) is 12.1 Å². The van der Waals surface area contributed by atoms with Crippen molar-refractivity contribution >= 4 is 5.97 Å². The fourth-order valence-electron chi connectivity index (χ4n) is 1.39. The number of carbonyl (C=O) groups is 1. The van der Waals surface area contributed by atoms with E-state index in [1.807, 2.05) is 0 Å². The van der Waals surface area contributed by atoms with Crippen molar-refractivity contribution in [3.8, 4) is 5.75 Å². The molecule has 0 heterocycles. The largest absolute Gasteiger partial charge is 0.573 e. The van der Waals surface area contributed by atoms with Gasteiger partial charge in [0.15, 0.2) is 11.6 Å². The van der Waals surface area contributed by atoms with Crippen molar-refractivity contribution in [2.24, 2.45) is 0 Å². The Kier molecular flexibility index (Phi) is 5.14. The number of ether oxygens (including phenoxy) is 2. The smallest absolute Gasteiger partial charge is 0.466 e. The summed E-state index contributed by atoms with van der Waals surface area (Å²) in [7, 11) is 0. The lowest BCUT2D eigenvalue weighted by atomic mass is 10.1. The summed E-state index contributed by atoms with van der Waals surface area (Å²) >= 11 is 0. The first kappa shape index (κ1) is 15.3. The summed E-state index contributed by atoms with van der Waals surface area (Å²) in [6.07, 6.45) is -4.81. The van der Waals surface area contributed by atoms with Gasteiger partial charge in [0, 0.05) is 6.42 Å². The van der Waals surface area contributed by atoms with Gasteiger partial charge in [0.05, 0.1) is 6.61 Å². The Balaban J connectivity index is 2.71. The van der Waals surface area contributed by atoms with Crippen LogP contribution in [0.5, 0.6) is 5.75 Å². The molecule has 0 unspecified atom stereocenters. The van der Waals surface area contributed by atoms with Crippen molar-refractivity contribution in [3.05, 3.63) is 29.6 Å². The molecule has 0 saturated carbocycles. The molecular weight excluding hydrogens is 268 g/mol. The molecule has 0 amide bonds. The number of alkyl halides is 3. The number of aryl methyl sites for hydroxylation is 1. The fraction of sp³-hybridized carbons (Fsp3) is 0.417. The van der Waals surface area contributed by atoms with Gasteiger partial charge in [0.2, 0.25) is 0 Å². The zero-order chi connectivity index (χ0) is 14.5. The van der Waals surface area contributed by atoms with Crippen LogP contribution in [0.3, 0.4) is 0 Å². The van der Waals surface area contributed by atoms with E-state index in [1.165, 1.54) is 6.07 Å². The van der Waals surface area contributed by atoms with Gasteiger partial charge < -0.3 is 9.47 Å². The summed E-state index contributed by atoms with van der Waals surface area (Å²) in [5.41, 5.74) is 0.355. The second-order valence-corrected chi connectivity index (χ2v) is 3.62. The van der Waals surface area contributed by atoms with Gasteiger partial charge in [0.1, 0.15) is 0 Å². The second-order valence-electron chi connectivity index (χ2n) is 3.62. The van der Waals surface area contributed by atoms with Gasteiger partial charge in [-0.15, -0.1) is 13.2 Å². The Morgan fingerprint density at radius 2 is 2.00 bits per heavy atom. The van der Waals surface area contributed by atoms with E-state index in [-0.39, 0.29) is 19.4 Å². The third-order valence-corrected chi connectivity index (χ3v) is 2.14. The van der Waals surface area contributed by atoms with Gasteiger partial charge in [-0.2, -0.15) is 0 Å². The molecule has 0 radical (unpaired) electrons. The number of carbonyl (C=O) groups excluding carboxylic acids is 1. The number of rotatable bonds is 5. The molecule has 1 aromatic carbocycles. The summed E-state index contributed by atoms with van der Waals surface area (Å²) < 4.78 is 57.3. The average Bonchev–Trinajstić information content (AvgIpc) is 2.29. The molecule has 0 fully saturated rings. The van der Waals surface area contributed by atoms with Gasteiger partial charge in [-0.3, -0.25) is 4.79 Å². The quantitative estimate of drug-likeness (QED) is 0.613. The maximum atomic E-state index is 13.1. The summed E-state index contributed by atoms with van der Waals surface area (Å²) in [6, 6.07) is 3.07. The number of hydrogen-bond donors (Lipinski definition) is 0. The molecular formula is C12H12F4O3. The van der Waals surface area contributed by atoms with Crippen LogP contribution in [0.1, 0.15) is 18.9 Å². The van der Waals surface area contributed by atoms with Crippen LogP contribution in [0.25, 0.3) is 0 Å². The zero-order valence-electron chi connectivity index (χ0n) is 10.1. The number of esters is 1. The normalized spacial score (nSPS) is 11.2. The predicted octanol–water partition coefficient (Wildman–Crippen LogP) is 3.22. The molecule has 106 valence electrons. The highest BCUT2D eigenvalue weighted by Gasteiger charge is 2.32. The summed E-state index contributed by atoms with van der Waals surface area (Å²) in [6.45, 7) is 1.87. The lowest BCUT2D eigenvalue weighted by Gasteiger charge is -2.11. The highest BCUT2D eigenvalue weighted by molar-refractivity contribution is 5.69. The van der Waals surface area contributed by atoms with Crippen LogP contribution in [0.2, 0.25) is 0 Å². The first-order valence-corrected chi connectivity index (χ1v) is 5.51. The van der Waals surface area contributed by atoms with Crippen LogP contribution in [0.4, 0.5) is 17.6 Å². The van der Waals surface area contributed by atoms with Crippen molar-refractivity contribution in [2.75, 3.05) is 6.61 Å². The van der Waals surface area contributed by atoms with E-state index < -0.39 is 23.9 Å². The SMILES string of the molecule is CCOC(=O)CCc1ccc(F)c(OC(F)(F)F)c1. The lowest BCUT2D eigenvalue weighted by Crippen LogP contribution is -2.18. The molecule has 0 saturated heterocycles. The summed E-state index contributed by atoms with van der Waals surface area (Å²) in [5, 5.41) is 0. The Morgan fingerprint density at radius 3 is 2.58 bits per heavy atom. The molecule has 3 nitrogen and oxygen atoms in total. The first-order valence-electron chi connectivity index (χ1n) is 5.51. The van der Waals surface area contributed by atoms with Crippen molar-refractivity contribution < 1.29 is 31.8 Å². The Labute approximate surface area is 107 Å². The van der Waals surface area contributed by atoms with Crippen molar-refractivity contribution in [1.29, 1.82) is 0 Å². The topological polar surface area (TPSA) is 35.5 Å². The number of halogens is 4. The number of benzene rings is 1. The molecule has 0 N–H and O–H groups in total. The highest BCUT2D eigenvalue weighted by Crippen LogP contribution is 2.26. The van der Waals surface area contributed by atoms with E-state index in [4.69, 9.17) is 0 Å². The van der Waals surface area contributed by atoms with Gasteiger partial charge in [0.25, 0.3) is 0 Å². The van der Waals surface area contributed by atoms with Crippen molar-refractivity contribution in [2.45, 2.75) is 26.1 Å². The minimum Gasteiger partial charge on any atom is -0.466 e. The van der Waals surface area contributed by atoms with Crippen LogP contribution in [0.15, 0.2) is 18.2 Å². The Bertz CT molecular complexity index is 443. The van der Waals surface area contributed by atoms with Gasteiger partial charge in [-0.25, -0.2) is 4.39 Å². The summed E-state index contributed by atoms with van der Waals surface area (Å²) in [5.74, 6) is -2.49. The van der Waals surface area contributed by atoms with Crippen LogP contribution in [0, 0.1) is 5.82 Å². The number of hydrogen-bond acceptors (Lipinski definition) is 3. The standard InChI is InChI=1S/C12H12F4O3/c1-2-18-11(17)6-4-8-3-5-9(13)10(7-8)19-12(14,15)16/h3,5,7H,2,4,6H2,1H3. The third-order valence-electron chi connectivity index (χ3n) is 2.14. The molecule has 0 bridgehead atoms.